The summed E-state index contributed by atoms with van der Waals surface area (Å²) >= 11 is 0. The minimum atomic E-state index is -0.0847. The Morgan fingerprint density at radius 3 is 2.53 bits per heavy atom. The first kappa shape index (κ1) is 20.1. The molecule has 0 spiro atoms. The SMILES string of the molecule is CCC(=O)Nc1cc2c(=O)n(Cc3ccccc3)c(C)nc2cc1N1CCCCC1. The fourth-order valence-electron chi connectivity index (χ4n) is 4.06. The van der Waals surface area contributed by atoms with Gasteiger partial charge in [-0.3, -0.25) is 14.2 Å². The first-order valence-corrected chi connectivity index (χ1v) is 10.7. The fourth-order valence-corrected chi connectivity index (χ4v) is 4.06. The molecule has 1 aliphatic rings. The van der Waals surface area contributed by atoms with Gasteiger partial charge in [0.15, 0.2) is 0 Å². The number of benzene rings is 2. The maximum atomic E-state index is 13.3. The molecule has 1 saturated heterocycles. The zero-order valence-electron chi connectivity index (χ0n) is 17.6. The van der Waals surface area contributed by atoms with E-state index in [1.54, 1.807) is 4.57 Å². The second-order valence-electron chi connectivity index (χ2n) is 7.87. The Hall–Kier alpha value is -3.15. The molecule has 6 nitrogen and oxygen atoms in total. The lowest BCUT2D eigenvalue weighted by molar-refractivity contribution is -0.115. The number of nitrogens with one attached hydrogen (secondary N) is 1. The van der Waals surface area contributed by atoms with Crippen molar-refractivity contribution in [3.63, 3.8) is 0 Å². The molecule has 0 saturated carbocycles. The highest BCUT2D eigenvalue weighted by atomic mass is 16.1. The molecule has 1 fully saturated rings. The van der Waals surface area contributed by atoms with Crippen LogP contribution in [0.2, 0.25) is 0 Å². The topological polar surface area (TPSA) is 67.2 Å². The zero-order valence-corrected chi connectivity index (χ0v) is 17.6. The second-order valence-corrected chi connectivity index (χ2v) is 7.87. The number of hydrogen-bond donors (Lipinski definition) is 1. The van der Waals surface area contributed by atoms with E-state index in [1.807, 2.05) is 56.3 Å². The lowest BCUT2D eigenvalue weighted by atomic mass is 10.1. The van der Waals surface area contributed by atoms with Crippen molar-refractivity contribution >= 4 is 28.2 Å². The first-order chi connectivity index (χ1) is 14.6. The molecule has 1 aromatic heterocycles. The van der Waals surface area contributed by atoms with Crippen molar-refractivity contribution in [3.05, 3.63) is 64.2 Å². The molecular formula is C24H28N4O2. The van der Waals surface area contributed by atoms with E-state index in [9.17, 15) is 9.59 Å². The fraction of sp³-hybridized carbons (Fsp3) is 0.375. The summed E-state index contributed by atoms with van der Waals surface area (Å²) in [6.07, 6.45) is 3.87. The summed E-state index contributed by atoms with van der Waals surface area (Å²) in [6, 6.07) is 13.7. The minimum absolute atomic E-state index is 0.0581. The van der Waals surface area contributed by atoms with Crippen LogP contribution in [0.15, 0.2) is 47.3 Å². The van der Waals surface area contributed by atoms with Crippen molar-refractivity contribution in [2.75, 3.05) is 23.3 Å². The van der Waals surface area contributed by atoms with Crippen LogP contribution in [0.1, 0.15) is 44.0 Å². The predicted molar refractivity (Wildman–Crippen MR) is 121 cm³/mol. The van der Waals surface area contributed by atoms with Gasteiger partial charge >= 0.3 is 0 Å². The third-order valence-corrected chi connectivity index (χ3v) is 5.74. The van der Waals surface area contributed by atoms with Gasteiger partial charge in [0.25, 0.3) is 5.56 Å². The van der Waals surface area contributed by atoms with E-state index in [0.717, 1.165) is 37.2 Å². The van der Waals surface area contributed by atoms with Gasteiger partial charge in [0.05, 0.1) is 28.8 Å². The van der Waals surface area contributed by atoms with Crippen LogP contribution in [0.25, 0.3) is 10.9 Å². The van der Waals surface area contributed by atoms with Crippen molar-refractivity contribution in [2.45, 2.75) is 46.1 Å². The lowest BCUT2D eigenvalue weighted by Gasteiger charge is -2.31. The number of anilines is 2. The van der Waals surface area contributed by atoms with Gasteiger partial charge in [0, 0.05) is 19.5 Å². The Kier molecular flexibility index (Phi) is 5.84. The highest BCUT2D eigenvalue weighted by molar-refractivity contribution is 5.98. The summed E-state index contributed by atoms with van der Waals surface area (Å²) in [5, 5.41) is 3.54. The zero-order chi connectivity index (χ0) is 21.1. The number of rotatable bonds is 5. The molecule has 1 N–H and O–H groups in total. The molecule has 2 heterocycles. The molecule has 3 aromatic rings. The van der Waals surface area contributed by atoms with Gasteiger partial charge < -0.3 is 10.2 Å². The largest absolute Gasteiger partial charge is 0.370 e. The number of aryl methyl sites for hydroxylation is 1. The Morgan fingerprint density at radius 1 is 1.10 bits per heavy atom. The van der Waals surface area contributed by atoms with Crippen LogP contribution < -0.4 is 15.8 Å². The molecule has 6 heteroatoms. The van der Waals surface area contributed by atoms with E-state index in [-0.39, 0.29) is 11.5 Å². The highest BCUT2D eigenvalue weighted by Gasteiger charge is 2.19. The van der Waals surface area contributed by atoms with Crippen LogP contribution in [0.5, 0.6) is 0 Å². The minimum Gasteiger partial charge on any atom is -0.370 e. The molecule has 1 amide bonds. The monoisotopic (exact) mass is 404 g/mol. The maximum absolute atomic E-state index is 13.3. The number of amides is 1. The Labute approximate surface area is 176 Å². The van der Waals surface area contributed by atoms with Crippen LogP contribution in [0, 0.1) is 6.92 Å². The smallest absolute Gasteiger partial charge is 0.261 e. The van der Waals surface area contributed by atoms with Gasteiger partial charge in [-0.05, 0) is 43.9 Å². The van der Waals surface area contributed by atoms with Gasteiger partial charge in [0.2, 0.25) is 5.91 Å². The molecule has 4 rings (SSSR count). The molecule has 156 valence electrons. The van der Waals surface area contributed by atoms with E-state index < -0.39 is 0 Å². The van der Waals surface area contributed by atoms with E-state index in [0.29, 0.717) is 35.4 Å². The van der Waals surface area contributed by atoms with Crippen molar-refractivity contribution in [1.29, 1.82) is 0 Å². The highest BCUT2D eigenvalue weighted by Crippen LogP contribution is 2.32. The third kappa shape index (κ3) is 4.08. The number of hydrogen-bond acceptors (Lipinski definition) is 4. The number of carbonyl (C=O) groups is 1. The summed E-state index contributed by atoms with van der Waals surface area (Å²) in [4.78, 5) is 32.6. The van der Waals surface area contributed by atoms with Gasteiger partial charge in [0.1, 0.15) is 5.82 Å². The maximum Gasteiger partial charge on any atom is 0.261 e. The Bertz CT molecular complexity index is 1120. The van der Waals surface area contributed by atoms with Crippen molar-refractivity contribution in [1.82, 2.24) is 9.55 Å². The van der Waals surface area contributed by atoms with E-state index in [2.05, 4.69) is 10.2 Å². The number of carbonyl (C=O) groups excluding carboxylic acids is 1. The Balaban J connectivity index is 1.83. The van der Waals surface area contributed by atoms with Crippen LogP contribution in [0.4, 0.5) is 11.4 Å². The van der Waals surface area contributed by atoms with Crippen LogP contribution in [-0.2, 0) is 11.3 Å². The quantitative estimate of drug-likeness (QED) is 0.695. The molecular weight excluding hydrogens is 376 g/mol. The van der Waals surface area contributed by atoms with E-state index in [4.69, 9.17) is 4.98 Å². The molecule has 0 atom stereocenters. The van der Waals surface area contributed by atoms with E-state index in [1.165, 1.54) is 6.42 Å². The van der Waals surface area contributed by atoms with Gasteiger partial charge in [-0.15, -0.1) is 0 Å². The normalized spacial score (nSPS) is 14.1. The van der Waals surface area contributed by atoms with Gasteiger partial charge in [-0.1, -0.05) is 37.3 Å². The predicted octanol–water partition coefficient (Wildman–Crippen LogP) is 4.09. The second kappa shape index (κ2) is 8.69. The van der Waals surface area contributed by atoms with Crippen molar-refractivity contribution in [3.8, 4) is 0 Å². The molecule has 0 unspecified atom stereocenters. The van der Waals surface area contributed by atoms with Crippen LogP contribution >= 0.6 is 0 Å². The molecule has 30 heavy (non-hydrogen) atoms. The summed E-state index contributed by atoms with van der Waals surface area (Å²) < 4.78 is 1.70. The summed E-state index contributed by atoms with van der Waals surface area (Å²) in [7, 11) is 0. The molecule has 2 aromatic carbocycles. The molecule has 0 bridgehead atoms. The van der Waals surface area contributed by atoms with Crippen LogP contribution in [0.3, 0.4) is 0 Å². The first-order valence-electron chi connectivity index (χ1n) is 10.7. The van der Waals surface area contributed by atoms with Crippen molar-refractivity contribution < 1.29 is 4.79 Å². The lowest BCUT2D eigenvalue weighted by Crippen LogP contribution is -2.31. The standard InChI is InChI=1S/C24H28N4O2/c1-3-23(29)26-21-14-19-20(15-22(21)27-12-8-5-9-13-27)25-17(2)28(24(19)30)16-18-10-6-4-7-11-18/h4,6-7,10-11,14-15H,3,5,8-9,12-13,16H2,1-2H3,(H,26,29). The van der Waals surface area contributed by atoms with Gasteiger partial charge in [-0.25, -0.2) is 4.98 Å². The number of nitrogens with zero attached hydrogens (tertiary/aromatic N) is 3. The number of aromatic nitrogens is 2. The number of fused-ring (bicyclic) bond motifs is 1. The Morgan fingerprint density at radius 2 is 1.83 bits per heavy atom. The molecule has 0 aliphatic carbocycles. The molecule has 1 aliphatic heterocycles. The van der Waals surface area contributed by atoms with Gasteiger partial charge in [-0.2, -0.15) is 0 Å². The molecule has 0 radical (unpaired) electrons. The third-order valence-electron chi connectivity index (χ3n) is 5.74. The summed E-state index contributed by atoms with van der Waals surface area (Å²) in [5.74, 6) is 0.628. The summed E-state index contributed by atoms with van der Waals surface area (Å²) in [5.41, 5.74) is 3.30. The average molecular weight is 405 g/mol. The summed E-state index contributed by atoms with van der Waals surface area (Å²) in [6.45, 7) is 6.07. The van der Waals surface area contributed by atoms with Crippen molar-refractivity contribution in [2.24, 2.45) is 0 Å². The average Bonchev–Trinajstić information content (AvgIpc) is 2.78. The van der Waals surface area contributed by atoms with Crippen LogP contribution in [-0.4, -0.2) is 28.5 Å². The van der Waals surface area contributed by atoms with E-state index >= 15 is 0 Å². The number of piperidine rings is 1.